The zero-order chi connectivity index (χ0) is 16.3. The van der Waals surface area contributed by atoms with Crippen LogP contribution in [0.15, 0.2) is 18.2 Å². The van der Waals surface area contributed by atoms with E-state index in [-0.39, 0.29) is 5.91 Å². The number of rotatable bonds is 4. The fourth-order valence-electron chi connectivity index (χ4n) is 3.16. The smallest absolute Gasteiger partial charge is 0.245 e. The molecule has 1 aliphatic heterocycles. The first kappa shape index (κ1) is 16.9. The molecule has 22 heavy (non-hydrogen) atoms. The van der Waals surface area contributed by atoms with E-state index in [1.165, 1.54) is 0 Å². The Morgan fingerprint density at radius 2 is 1.77 bits per heavy atom. The van der Waals surface area contributed by atoms with E-state index < -0.39 is 5.38 Å². The fourth-order valence-corrected chi connectivity index (χ4v) is 3.43. The lowest BCUT2D eigenvalue weighted by Crippen LogP contribution is -2.43. The van der Waals surface area contributed by atoms with Crippen molar-refractivity contribution in [1.29, 1.82) is 0 Å². The summed E-state index contributed by atoms with van der Waals surface area (Å²) in [5.74, 6) is 2.21. The van der Waals surface area contributed by atoms with E-state index in [4.69, 9.17) is 21.1 Å². The minimum Gasteiger partial charge on any atom is -0.493 e. The van der Waals surface area contributed by atoms with Crippen molar-refractivity contribution >= 4 is 17.5 Å². The molecule has 3 atom stereocenters. The standard InChI is InChI=1S/C17H24ClNO3/c1-11-7-12(2)10-19(9-11)17(20)16(18)13-5-6-14(21-3)15(8-13)22-4/h5-6,8,11-12,16H,7,9-10H2,1-4H3. The first-order chi connectivity index (χ1) is 10.5. The number of hydrogen-bond donors (Lipinski definition) is 0. The van der Waals surface area contributed by atoms with Crippen LogP contribution in [-0.4, -0.2) is 38.1 Å². The van der Waals surface area contributed by atoms with Gasteiger partial charge in [-0.1, -0.05) is 19.9 Å². The van der Waals surface area contributed by atoms with E-state index in [9.17, 15) is 4.79 Å². The second kappa shape index (κ2) is 7.23. The van der Waals surface area contributed by atoms with Crippen LogP contribution in [0.5, 0.6) is 11.5 Å². The van der Waals surface area contributed by atoms with Crippen LogP contribution in [0.3, 0.4) is 0 Å². The molecule has 0 spiro atoms. The van der Waals surface area contributed by atoms with Gasteiger partial charge in [-0.2, -0.15) is 0 Å². The number of likely N-dealkylation sites (tertiary alicyclic amines) is 1. The minimum atomic E-state index is -0.697. The quantitative estimate of drug-likeness (QED) is 0.795. The molecule has 0 aromatic heterocycles. The number of carbonyl (C=O) groups excluding carboxylic acids is 1. The summed E-state index contributed by atoms with van der Waals surface area (Å²) < 4.78 is 10.5. The molecule has 1 amide bonds. The topological polar surface area (TPSA) is 38.8 Å². The molecular formula is C17H24ClNO3. The SMILES string of the molecule is COc1ccc(C(Cl)C(=O)N2CC(C)CC(C)C2)cc1OC. The molecule has 1 aromatic rings. The Morgan fingerprint density at radius 1 is 1.18 bits per heavy atom. The molecule has 1 fully saturated rings. The highest BCUT2D eigenvalue weighted by Gasteiger charge is 2.30. The van der Waals surface area contributed by atoms with Crippen molar-refractivity contribution in [2.75, 3.05) is 27.3 Å². The number of benzene rings is 1. The van der Waals surface area contributed by atoms with Gasteiger partial charge in [0.05, 0.1) is 14.2 Å². The lowest BCUT2D eigenvalue weighted by Gasteiger charge is -2.36. The summed E-state index contributed by atoms with van der Waals surface area (Å²) in [6, 6.07) is 5.36. The van der Waals surface area contributed by atoms with Gasteiger partial charge in [-0.3, -0.25) is 4.79 Å². The molecular weight excluding hydrogens is 302 g/mol. The zero-order valence-electron chi connectivity index (χ0n) is 13.6. The highest BCUT2D eigenvalue weighted by molar-refractivity contribution is 6.30. The second-order valence-electron chi connectivity index (χ2n) is 6.17. The number of amides is 1. The van der Waals surface area contributed by atoms with Gasteiger partial charge in [0.15, 0.2) is 11.5 Å². The first-order valence-corrected chi connectivity index (χ1v) is 8.04. The normalized spacial score (nSPS) is 23.0. The molecule has 5 heteroatoms. The van der Waals surface area contributed by atoms with Gasteiger partial charge >= 0.3 is 0 Å². The van der Waals surface area contributed by atoms with E-state index in [0.29, 0.717) is 23.3 Å². The van der Waals surface area contributed by atoms with Crippen LogP contribution in [0.2, 0.25) is 0 Å². The largest absolute Gasteiger partial charge is 0.493 e. The van der Waals surface area contributed by atoms with Crippen molar-refractivity contribution in [2.24, 2.45) is 11.8 Å². The lowest BCUT2D eigenvalue weighted by atomic mass is 9.91. The molecule has 0 radical (unpaired) electrons. The molecule has 0 aliphatic carbocycles. The predicted octanol–water partition coefficient (Wildman–Crippen LogP) is 3.49. The van der Waals surface area contributed by atoms with Gasteiger partial charge in [0.2, 0.25) is 5.91 Å². The van der Waals surface area contributed by atoms with Gasteiger partial charge in [0.25, 0.3) is 0 Å². The highest BCUT2D eigenvalue weighted by Crippen LogP contribution is 2.34. The summed E-state index contributed by atoms with van der Waals surface area (Å²) in [5.41, 5.74) is 0.732. The van der Waals surface area contributed by atoms with Crippen LogP contribution in [0.25, 0.3) is 0 Å². The Balaban J connectivity index is 2.16. The molecule has 0 N–H and O–H groups in total. The molecule has 4 nitrogen and oxygen atoms in total. The monoisotopic (exact) mass is 325 g/mol. The third-order valence-corrected chi connectivity index (χ3v) is 4.54. The Kier molecular flexibility index (Phi) is 5.57. The maximum atomic E-state index is 12.7. The van der Waals surface area contributed by atoms with E-state index in [1.54, 1.807) is 26.4 Å². The van der Waals surface area contributed by atoms with Gasteiger partial charge in [-0.05, 0) is 36.0 Å². The number of hydrogen-bond acceptors (Lipinski definition) is 3. The maximum absolute atomic E-state index is 12.7. The van der Waals surface area contributed by atoms with Crippen LogP contribution in [-0.2, 0) is 4.79 Å². The molecule has 1 aliphatic rings. The van der Waals surface area contributed by atoms with E-state index in [1.807, 2.05) is 11.0 Å². The number of ether oxygens (including phenoxy) is 2. The van der Waals surface area contributed by atoms with Gasteiger partial charge in [-0.15, -0.1) is 11.6 Å². The van der Waals surface area contributed by atoms with E-state index in [0.717, 1.165) is 25.1 Å². The molecule has 2 rings (SSSR count). The Labute approximate surface area is 137 Å². The van der Waals surface area contributed by atoms with Gasteiger partial charge in [0, 0.05) is 13.1 Å². The first-order valence-electron chi connectivity index (χ1n) is 7.61. The van der Waals surface area contributed by atoms with Crippen LogP contribution < -0.4 is 9.47 Å². The van der Waals surface area contributed by atoms with Crippen molar-refractivity contribution in [1.82, 2.24) is 4.90 Å². The van der Waals surface area contributed by atoms with Crippen molar-refractivity contribution in [3.63, 3.8) is 0 Å². The van der Waals surface area contributed by atoms with Gasteiger partial charge < -0.3 is 14.4 Å². The van der Waals surface area contributed by atoms with Gasteiger partial charge in [0.1, 0.15) is 5.38 Å². The molecule has 0 bridgehead atoms. The Bertz CT molecular complexity index is 525. The summed E-state index contributed by atoms with van der Waals surface area (Å²) in [6.45, 7) is 5.91. The van der Waals surface area contributed by atoms with Crippen LogP contribution in [0, 0.1) is 11.8 Å². The fraction of sp³-hybridized carbons (Fsp3) is 0.588. The molecule has 1 heterocycles. The average molecular weight is 326 g/mol. The molecule has 1 saturated heterocycles. The van der Waals surface area contributed by atoms with Gasteiger partial charge in [-0.25, -0.2) is 0 Å². The third kappa shape index (κ3) is 3.67. The average Bonchev–Trinajstić information content (AvgIpc) is 2.51. The number of halogens is 1. The van der Waals surface area contributed by atoms with E-state index >= 15 is 0 Å². The van der Waals surface area contributed by atoms with Crippen molar-refractivity contribution in [3.05, 3.63) is 23.8 Å². The third-order valence-electron chi connectivity index (χ3n) is 4.10. The van der Waals surface area contributed by atoms with Crippen LogP contribution >= 0.6 is 11.6 Å². The highest BCUT2D eigenvalue weighted by atomic mass is 35.5. The predicted molar refractivity (Wildman–Crippen MR) is 87.7 cm³/mol. The lowest BCUT2D eigenvalue weighted by molar-refractivity contribution is -0.133. The molecule has 1 aromatic carbocycles. The summed E-state index contributed by atoms with van der Waals surface area (Å²) in [7, 11) is 3.15. The number of nitrogens with zero attached hydrogens (tertiary/aromatic N) is 1. The van der Waals surface area contributed by atoms with E-state index in [2.05, 4.69) is 13.8 Å². The molecule has 0 saturated carbocycles. The zero-order valence-corrected chi connectivity index (χ0v) is 14.4. The molecule has 3 unspecified atom stereocenters. The number of methoxy groups -OCH3 is 2. The molecule has 122 valence electrons. The number of alkyl halides is 1. The number of piperidine rings is 1. The summed E-state index contributed by atoms with van der Waals surface area (Å²) in [5, 5.41) is -0.697. The maximum Gasteiger partial charge on any atom is 0.245 e. The summed E-state index contributed by atoms with van der Waals surface area (Å²) in [4.78, 5) is 14.5. The second-order valence-corrected chi connectivity index (χ2v) is 6.60. The Morgan fingerprint density at radius 3 is 2.32 bits per heavy atom. The summed E-state index contributed by atoms with van der Waals surface area (Å²) in [6.07, 6.45) is 1.16. The van der Waals surface area contributed by atoms with Crippen LogP contribution in [0.4, 0.5) is 0 Å². The van der Waals surface area contributed by atoms with Crippen molar-refractivity contribution < 1.29 is 14.3 Å². The van der Waals surface area contributed by atoms with Crippen molar-refractivity contribution in [3.8, 4) is 11.5 Å². The van der Waals surface area contributed by atoms with Crippen molar-refractivity contribution in [2.45, 2.75) is 25.6 Å². The minimum absolute atomic E-state index is 0.0349. The summed E-state index contributed by atoms with van der Waals surface area (Å²) >= 11 is 6.42. The van der Waals surface area contributed by atoms with Crippen LogP contribution in [0.1, 0.15) is 31.2 Å². The number of carbonyl (C=O) groups is 1. The Hall–Kier alpha value is -1.42.